The minimum atomic E-state index is -3.79. The maximum atomic E-state index is 13.7. The molecule has 0 saturated carbocycles. The Morgan fingerprint density at radius 2 is 1.95 bits per heavy atom. The van der Waals surface area contributed by atoms with E-state index in [-0.39, 0.29) is 35.6 Å². The molecule has 0 radical (unpaired) electrons. The van der Waals surface area contributed by atoms with E-state index in [0.29, 0.717) is 25.3 Å². The molecule has 196 valence electrons. The van der Waals surface area contributed by atoms with E-state index in [1.165, 1.54) is 41.8 Å². The van der Waals surface area contributed by atoms with E-state index >= 15 is 0 Å². The normalized spacial score (nSPS) is 16.9. The van der Waals surface area contributed by atoms with Gasteiger partial charge in [-0.25, -0.2) is 17.8 Å². The van der Waals surface area contributed by atoms with Gasteiger partial charge in [0.1, 0.15) is 18.4 Å². The van der Waals surface area contributed by atoms with E-state index in [1.807, 2.05) is 11.8 Å². The number of aromatic nitrogens is 1. The molecule has 2 aromatic carbocycles. The van der Waals surface area contributed by atoms with E-state index in [9.17, 15) is 22.4 Å². The molecule has 0 aliphatic carbocycles. The summed E-state index contributed by atoms with van der Waals surface area (Å²) < 4.78 is 41.2. The number of amides is 2. The van der Waals surface area contributed by atoms with Crippen LogP contribution < -0.4 is 14.5 Å². The van der Waals surface area contributed by atoms with Crippen LogP contribution >= 0.6 is 11.3 Å². The van der Waals surface area contributed by atoms with Crippen molar-refractivity contribution in [2.24, 2.45) is 0 Å². The number of benzene rings is 2. The predicted molar refractivity (Wildman–Crippen MR) is 142 cm³/mol. The average Bonchev–Trinajstić information content (AvgIpc) is 3.39. The van der Waals surface area contributed by atoms with Crippen molar-refractivity contribution in [2.75, 3.05) is 40.7 Å². The summed E-state index contributed by atoms with van der Waals surface area (Å²) in [6, 6.07) is 10.2. The molecule has 1 N–H and O–H groups in total. The van der Waals surface area contributed by atoms with Gasteiger partial charge in [-0.3, -0.25) is 14.3 Å². The highest BCUT2D eigenvalue weighted by atomic mass is 32.2. The fourth-order valence-electron chi connectivity index (χ4n) is 4.78. The molecule has 5 rings (SSSR count). The Hall–Kier alpha value is -3.51. The van der Waals surface area contributed by atoms with Gasteiger partial charge in [0.05, 0.1) is 4.90 Å². The number of nitrogens with zero attached hydrogens (tertiary/aromatic N) is 4. The van der Waals surface area contributed by atoms with Crippen molar-refractivity contribution in [1.82, 2.24) is 9.88 Å². The van der Waals surface area contributed by atoms with Crippen molar-refractivity contribution in [3.05, 3.63) is 65.4 Å². The van der Waals surface area contributed by atoms with Crippen molar-refractivity contribution in [1.29, 1.82) is 0 Å². The van der Waals surface area contributed by atoms with Crippen LogP contribution in [0.2, 0.25) is 0 Å². The van der Waals surface area contributed by atoms with Gasteiger partial charge >= 0.3 is 0 Å². The molecule has 0 bridgehead atoms. The number of carbonyl (C=O) groups is 2. The molecule has 1 fully saturated rings. The summed E-state index contributed by atoms with van der Waals surface area (Å²) in [5.41, 5.74) is 2.31. The Morgan fingerprint density at radius 1 is 1.16 bits per heavy atom. The van der Waals surface area contributed by atoms with Crippen LogP contribution in [0.3, 0.4) is 0 Å². The molecule has 1 atom stereocenters. The zero-order valence-corrected chi connectivity index (χ0v) is 21.8. The number of carbonyl (C=O) groups excluding carboxylic acids is 2. The highest BCUT2D eigenvalue weighted by Gasteiger charge is 2.34. The van der Waals surface area contributed by atoms with E-state index in [1.54, 1.807) is 33.4 Å². The zero-order valence-electron chi connectivity index (χ0n) is 20.1. The second kappa shape index (κ2) is 10.1. The molecule has 0 unspecified atom stereocenters. The van der Waals surface area contributed by atoms with Crippen LogP contribution in [0.1, 0.15) is 20.3 Å². The molecule has 37 heavy (non-hydrogen) atoms. The molecule has 9 nitrogen and oxygen atoms in total. The highest BCUT2D eigenvalue weighted by molar-refractivity contribution is 7.93. The summed E-state index contributed by atoms with van der Waals surface area (Å²) in [7, 11) is -3.79. The molecule has 3 aromatic rings. The largest absolute Gasteiger partial charge is 0.360 e. The first-order valence-corrected chi connectivity index (χ1v) is 14.3. The van der Waals surface area contributed by atoms with Crippen LogP contribution in [-0.4, -0.2) is 62.3 Å². The lowest BCUT2D eigenvalue weighted by atomic mass is 9.99. The third kappa shape index (κ3) is 5.16. The summed E-state index contributed by atoms with van der Waals surface area (Å²) in [4.78, 5) is 35.4. The number of anilines is 3. The lowest BCUT2D eigenvalue weighted by Crippen LogP contribution is -2.57. The Bertz CT molecular complexity index is 1420. The monoisotopic (exact) mass is 545 g/mol. The van der Waals surface area contributed by atoms with Gasteiger partial charge < -0.3 is 14.7 Å². The Labute approximate surface area is 220 Å². The van der Waals surface area contributed by atoms with Crippen LogP contribution in [0.25, 0.3) is 0 Å². The number of piperazine rings is 1. The number of hydrogen-bond donors (Lipinski definition) is 1. The molecule has 2 aliphatic heterocycles. The maximum Gasteiger partial charge on any atom is 0.263 e. The predicted octanol–water partition coefficient (Wildman–Crippen LogP) is 3.35. The fourth-order valence-corrected chi connectivity index (χ4v) is 6.57. The van der Waals surface area contributed by atoms with Crippen molar-refractivity contribution < 1.29 is 23.8 Å². The lowest BCUT2D eigenvalue weighted by Gasteiger charge is -2.40. The van der Waals surface area contributed by atoms with Crippen LogP contribution in [0.4, 0.5) is 20.9 Å². The average molecular weight is 546 g/mol. The number of thiazole rings is 1. The third-order valence-electron chi connectivity index (χ3n) is 6.67. The van der Waals surface area contributed by atoms with Gasteiger partial charge in [-0.15, -0.1) is 11.3 Å². The summed E-state index contributed by atoms with van der Waals surface area (Å²) in [6.07, 6.45) is 3.10. The molecular weight excluding hydrogens is 517 g/mol. The highest BCUT2D eigenvalue weighted by Crippen LogP contribution is 2.30. The Morgan fingerprint density at radius 3 is 2.65 bits per heavy atom. The molecule has 1 aromatic heterocycles. The van der Waals surface area contributed by atoms with Gasteiger partial charge in [-0.05, 0) is 67.8 Å². The molecule has 2 aliphatic rings. The smallest absolute Gasteiger partial charge is 0.263 e. The molecule has 3 heterocycles. The number of sulfonamides is 1. The number of nitrogens with one attached hydrogen (secondary N) is 1. The first-order valence-electron chi connectivity index (χ1n) is 11.9. The summed E-state index contributed by atoms with van der Waals surface area (Å²) >= 11 is 1.18. The molecule has 12 heteroatoms. The van der Waals surface area contributed by atoms with Crippen LogP contribution in [-0.2, 0) is 26.0 Å². The van der Waals surface area contributed by atoms with E-state index in [0.717, 1.165) is 24.1 Å². The van der Waals surface area contributed by atoms with Crippen molar-refractivity contribution in [3.8, 4) is 0 Å². The number of halogens is 1. The summed E-state index contributed by atoms with van der Waals surface area (Å²) in [5.74, 6) is -0.688. The van der Waals surface area contributed by atoms with E-state index < -0.39 is 16.1 Å². The molecule has 0 spiro atoms. The minimum Gasteiger partial charge on any atom is -0.360 e. The van der Waals surface area contributed by atoms with Crippen LogP contribution in [0.15, 0.2) is 58.9 Å². The fraction of sp³-hybridized carbons (Fsp3) is 0.320. The topological polar surface area (TPSA) is 103 Å². The molecular formula is C25H28FN5O4S2. The number of hydrogen-bond acceptors (Lipinski definition) is 7. The van der Waals surface area contributed by atoms with E-state index in [2.05, 4.69) is 9.71 Å². The first-order chi connectivity index (χ1) is 17.7. The summed E-state index contributed by atoms with van der Waals surface area (Å²) in [6.45, 7) is 3.08. The molecule has 1 saturated heterocycles. The number of aryl methyl sites for hydroxylation is 1. The third-order valence-corrected chi connectivity index (χ3v) is 8.84. The van der Waals surface area contributed by atoms with Crippen molar-refractivity contribution in [2.45, 2.75) is 30.7 Å². The van der Waals surface area contributed by atoms with Gasteiger partial charge in [0.2, 0.25) is 11.8 Å². The van der Waals surface area contributed by atoms with Crippen molar-refractivity contribution >= 4 is 49.7 Å². The van der Waals surface area contributed by atoms with Gasteiger partial charge in [0.15, 0.2) is 5.13 Å². The van der Waals surface area contributed by atoms with E-state index in [4.69, 9.17) is 0 Å². The van der Waals surface area contributed by atoms with Gasteiger partial charge in [0, 0.05) is 44.0 Å². The Kier molecular flexibility index (Phi) is 6.86. The standard InChI is InChI=1S/C25H26FN5O4S2.H2/c1-17(30-11-2-3-18-15-19(26)4-9-22(18)30)24(33)29-12-13-31(23(32)16-29)20-5-7-21(8-6-20)37(34,35)28-25-27-10-14-36-25;/h4-10,14-15,17H,2-3,11-13,16H2,1H3,(H,27,28);1H/t17-;/m1./s1. The van der Waals surface area contributed by atoms with Crippen LogP contribution in [0.5, 0.6) is 0 Å². The quantitative estimate of drug-likeness (QED) is 0.510. The zero-order chi connectivity index (χ0) is 26.2. The maximum absolute atomic E-state index is 13.7. The first kappa shape index (κ1) is 25.2. The second-order valence-electron chi connectivity index (χ2n) is 8.99. The second-order valence-corrected chi connectivity index (χ2v) is 11.6. The molecule has 2 amide bonds. The van der Waals surface area contributed by atoms with Gasteiger partial charge in [0.25, 0.3) is 10.0 Å². The number of fused-ring (bicyclic) bond motifs is 1. The van der Waals surface area contributed by atoms with Gasteiger partial charge in [-0.1, -0.05) is 0 Å². The van der Waals surface area contributed by atoms with Crippen LogP contribution in [0, 0.1) is 5.82 Å². The minimum absolute atomic E-state index is 0. The Balaban J connectivity index is 0.00000336. The van der Waals surface area contributed by atoms with Gasteiger partial charge in [-0.2, -0.15) is 0 Å². The summed E-state index contributed by atoms with van der Waals surface area (Å²) in [5, 5.41) is 1.94. The SMILES string of the molecule is C[C@H](C(=O)N1CCN(c2ccc(S(=O)(=O)Nc3nccs3)cc2)C(=O)C1)N1CCCc2cc(F)ccc21.[HH]. The van der Waals surface area contributed by atoms with Crippen molar-refractivity contribution in [3.63, 3.8) is 0 Å². The number of rotatable bonds is 6. The lowest BCUT2D eigenvalue weighted by molar-refractivity contribution is -0.137.